The fourth-order valence-corrected chi connectivity index (χ4v) is 4.67. The normalized spacial score (nSPS) is 21.4. The maximum atomic E-state index is 12.4. The van der Waals surface area contributed by atoms with Gasteiger partial charge in [-0.1, -0.05) is 6.92 Å². The highest BCUT2D eigenvalue weighted by Gasteiger charge is 2.31. The van der Waals surface area contributed by atoms with Gasteiger partial charge in [-0.15, -0.1) is 0 Å². The number of pyridine rings is 1. The molecule has 18 heavy (non-hydrogen) atoms. The minimum absolute atomic E-state index is 0.00611. The number of hydrogen-bond acceptors (Lipinski definition) is 5. The highest BCUT2D eigenvalue weighted by molar-refractivity contribution is 8.00. The summed E-state index contributed by atoms with van der Waals surface area (Å²) in [5.74, 6) is 0.780. The van der Waals surface area contributed by atoms with Crippen LogP contribution < -0.4 is 0 Å². The smallest absolute Gasteiger partial charge is 0.244 e. The maximum Gasteiger partial charge on any atom is 0.246 e. The lowest BCUT2D eigenvalue weighted by atomic mass is 10.4. The zero-order valence-corrected chi connectivity index (χ0v) is 11.5. The van der Waals surface area contributed by atoms with E-state index in [1.807, 2.05) is 13.0 Å². The van der Waals surface area contributed by atoms with Crippen molar-refractivity contribution in [1.29, 1.82) is 5.26 Å². The van der Waals surface area contributed by atoms with Gasteiger partial charge in [-0.05, 0) is 12.1 Å². The van der Waals surface area contributed by atoms with E-state index < -0.39 is 10.0 Å². The molecule has 0 spiro atoms. The third-order valence-electron chi connectivity index (χ3n) is 2.70. The third kappa shape index (κ3) is 2.51. The first-order valence-corrected chi connectivity index (χ1v) is 8.01. The van der Waals surface area contributed by atoms with E-state index in [0.29, 0.717) is 13.1 Å². The number of hydrogen-bond donors (Lipinski definition) is 0. The molecule has 1 aromatic rings. The molecule has 1 saturated heterocycles. The quantitative estimate of drug-likeness (QED) is 0.812. The monoisotopic (exact) mass is 283 g/mol. The van der Waals surface area contributed by atoms with Gasteiger partial charge in [-0.2, -0.15) is 21.3 Å². The van der Waals surface area contributed by atoms with E-state index in [1.54, 1.807) is 11.8 Å². The van der Waals surface area contributed by atoms with Gasteiger partial charge in [0.2, 0.25) is 10.0 Å². The van der Waals surface area contributed by atoms with Crippen LogP contribution in [0.4, 0.5) is 0 Å². The van der Waals surface area contributed by atoms with Crippen molar-refractivity contribution in [3.8, 4) is 6.07 Å². The van der Waals surface area contributed by atoms with Crippen molar-refractivity contribution in [2.24, 2.45) is 0 Å². The summed E-state index contributed by atoms with van der Waals surface area (Å²) in [7, 11) is -3.60. The van der Waals surface area contributed by atoms with E-state index in [-0.39, 0.29) is 15.8 Å². The van der Waals surface area contributed by atoms with Crippen molar-refractivity contribution in [3.05, 3.63) is 24.0 Å². The highest BCUT2D eigenvalue weighted by atomic mass is 32.2. The lowest BCUT2D eigenvalue weighted by molar-refractivity contribution is 0.424. The molecule has 5 nitrogen and oxygen atoms in total. The molecule has 2 rings (SSSR count). The van der Waals surface area contributed by atoms with Crippen LogP contribution in [-0.2, 0) is 10.0 Å². The minimum Gasteiger partial charge on any atom is -0.244 e. The van der Waals surface area contributed by atoms with Crippen LogP contribution in [0.1, 0.15) is 12.6 Å². The molecule has 0 amide bonds. The molecule has 2 heterocycles. The second-order valence-corrected chi connectivity index (χ2v) is 7.46. The molecule has 0 bridgehead atoms. The second-order valence-electron chi connectivity index (χ2n) is 4.01. The first-order chi connectivity index (χ1) is 8.55. The summed E-state index contributed by atoms with van der Waals surface area (Å²) in [5.41, 5.74) is -0.0385. The average molecular weight is 283 g/mol. The molecule has 0 radical (unpaired) electrons. The lowest BCUT2D eigenvalue weighted by Crippen LogP contribution is -2.41. The summed E-state index contributed by atoms with van der Waals surface area (Å²) in [4.78, 5) is 3.81. The Labute approximate surface area is 111 Å². The van der Waals surface area contributed by atoms with Gasteiger partial charge in [0.15, 0.2) is 5.69 Å². The Hall–Kier alpha value is -1.10. The van der Waals surface area contributed by atoms with Crippen LogP contribution in [0.2, 0.25) is 0 Å². The standard InChI is InChI=1S/C11H13N3O2S2/c1-9-8-14(5-6-17-9)18(15,16)11-3-2-4-13-10(11)7-12/h2-4,9H,5-6,8H2,1H3. The molecule has 0 aliphatic carbocycles. The van der Waals surface area contributed by atoms with Crippen LogP contribution in [0.5, 0.6) is 0 Å². The average Bonchev–Trinajstić information content (AvgIpc) is 2.38. The van der Waals surface area contributed by atoms with Gasteiger partial charge < -0.3 is 0 Å². The molecular weight excluding hydrogens is 270 g/mol. The van der Waals surface area contributed by atoms with E-state index in [0.717, 1.165) is 5.75 Å². The van der Waals surface area contributed by atoms with Gasteiger partial charge >= 0.3 is 0 Å². The zero-order valence-electron chi connectivity index (χ0n) is 9.91. The molecular formula is C11H13N3O2S2. The fraction of sp³-hybridized carbons (Fsp3) is 0.455. The van der Waals surface area contributed by atoms with Crippen LogP contribution in [0, 0.1) is 11.3 Å². The Bertz CT molecular complexity index is 580. The van der Waals surface area contributed by atoms with Crippen molar-refractivity contribution >= 4 is 21.8 Å². The van der Waals surface area contributed by atoms with Crippen molar-refractivity contribution in [2.75, 3.05) is 18.8 Å². The topological polar surface area (TPSA) is 74.1 Å². The molecule has 0 aromatic carbocycles. The van der Waals surface area contributed by atoms with Gasteiger partial charge in [0, 0.05) is 30.3 Å². The number of nitrogens with zero attached hydrogens (tertiary/aromatic N) is 3. The van der Waals surface area contributed by atoms with Gasteiger partial charge in [-0.25, -0.2) is 13.4 Å². The molecule has 0 N–H and O–H groups in total. The fourth-order valence-electron chi connectivity index (χ4n) is 1.83. The first-order valence-electron chi connectivity index (χ1n) is 5.52. The Morgan fingerprint density at radius 3 is 3.06 bits per heavy atom. The third-order valence-corrected chi connectivity index (χ3v) is 5.73. The Morgan fingerprint density at radius 1 is 1.61 bits per heavy atom. The summed E-state index contributed by atoms with van der Waals surface area (Å²) in [6, 6.07) is 4.81. The summed E-state index contributed by atoms with van der Waals surface area (Å²) in [5, 5.41) is 9.21. The number of rotatable bonds is 2. The summed E-state index contributed by atoms with van der Waals surface area (Å²) >= 11 is 1.76. The SMILES string of the molecule is CC1CN(S(=O)(=O)c2cccnc2C#N)CCS1. The van der Waals surface area contributed by atoms with E-state index >= 15 is 0 Å². The zero-order chi connectivity index (χ0) is 13.2. The van der Waals surface area contributed by atoms with Crippen molar-refractivity contribution in [1.82, 2.24) is 9.29 Å². The molecule has 1 aliphatic heterocycles. The maximum absolute atomic E-state index is 12.4. The summed E-state index contributed by atoms with van der Waals surface area (Å²) in [6.07, 6.45) is 1.42. The number of nitriles is 1. The highest BCUT2D eigenvalue weighted by Crippen LogP contribution is 2.25. The van der Waals surface area contributed by atoms with E-state index in [1.165, 1.54) is 22.6 Å². The van der Waals surface area contributed by atoms with Crippen molar-refractivity contribution in [2.45, 2.75) is 17.1 Å². The number of thioether (sulfide) groups is 1. The predicted octanol–water partition coefficient (Wildman–Crippen LogP) is 1.08. The van der Waals surface area contributed by atoms with E-state index in [9.17, 15) is 8.42 Å². The largest absolute Gasteiger partial charge is 0.246 e. The van der Waals surface area contributed by atoms with Crippen molar-refractivity contribution < 1.29 is 8.42 Å². The molecule has 96 valence electrons. The van der Waals surface area contributed by atoms with Gasteiger partial charge in [-0.3, -0.25) is 0 Å². The molecule has 1 fully saturated rings. The second kappa shape index (κ2) is 5.26. The van der Waals surface area contributed by atoms with Gasteiger partial charge in [0.25, 0.3) is 0 Å². The molecule has 1 atom stereocenters. The van der Waals surface area contributed by atoms with Crippen LogP contribution in [0.15, 0.2) is 23.2 Å². The van der Waals surface area contributed by atoms with Crippen molar-refractivity contribution in [3.63, 3.8) is 0 Å². The number of sulfonamides is 1. The summed E-state index contributed by atoms with van der Waals surface area (Å²) in [6.45, 7) is 2.96. The van der Waals surface area contributed by atoms with E-state index in [4.69, 9.17) is 5.26 Å². The molecule has 1 aliphatic rings. The van der Waals surface area contributed by atoms with Crippen LogP contribution in [-0.4, -0.2) is 41.8 Å². The van der Waals surface area contributed by atoms with Crippen LogP contribution >= 0.6 is 11.8 Å². The lowest BCUT2D eigenvalue weighted by Gasteiger charge is -2.29. The van der Waals surface area contributed by atoms with Gasteiger partial charge in [0.1, 0.15) is 11.0 Å². The minimum atomic E-state index is -3.60. The summed E-state index contributed by atoms with van der Waals surface area (Å²) < 4.78 is 26.3. The van der Waals surface area contributed by atoms with E-state index in [2.05, 4.69) is 4.98 Å². The Kier molecular flexibility index (Phi) is 3.90. The van der Waals surface area contributed by atoms with Gasteiger partial charge in [0.05, 0.1) is 0 Å². The van der Waals surface area contributed by atoms with Crippen LogP contribution in [0.3, 0.4) is 0 Å². The molecule has 0 saturated carbocycles. The first kappa shape index (κ1) is 13.3. The molecule has 7 heteroatoms. The number of aromatic nitrogens is 1. The molecule has 1 unspecified atom stereocenters. The predicted molar refractivity (Wildman–Crippen MR) is 69.6 cm³/mol. The Balaban J connectivity index is 2.39. The molecule has 1 aromatic heterocycles. The Morgan fingerprint density at radius 2 is 2.39 bits per heavy atom. The van der Waals surface area contributed by atoms with Crippen LogP contribution in [0.25, 0.3) is 0 Å².